The number of halogens is 2. The van der Waals surface area contributed by atoms with Gasteiger partial charge in [-0.15, -0.1) is 0 Å². The maximum atomic E-state index is 13.6. The van der Waals surface area contributed by atoms with E-state index in [1.165, 1.54) is 6.07 Å². The minimum atomic E-state index is -1.01. The highest BCUT2D eigenvalue weighted by Crippen LogP contribution is 2.26. The molecule has 2 rings (SSSR count). The Balaban J connectivity index is 2.33. The molecule has 2 nitrogen and oxygen atoms in total. The van der Waals surface area contributed by atoms with Gasteiger partial charge in [-0.2, -0.15) is 0 Å². The quantitative estimate of drug-likeness (QED) is 0.837. The summed E-state index contributed by atoms with van der Waals surface area (Å²) in [4.78, 5) is 0. The van der Waals surface area contributed by atoms with Crippen LogP contribution in [0.4, 0.5) is 8.78 Å². The van der Waals surface area contributed by atoms with E-state index in [2.05, 4.69) is 5.32 Å². The second kappa shape index (κ2) is 4.46. The number of hydrogen-bond donors (Lipinski definition) is 1. The smallest absolute Gasteiger partial charge is 0.128 e. The first-order chi connectivity index (χ1) is 7.87. The molecule has 1 N–H and O–H groups in total. The lowest BCUT2D eigenvalue weighted by atomic mass is 10.0. The van der Waals surface area contributed by atoms with E-state index in [0.29, 0.717) is 11.5 Å². The molecule has 2 atom stereocenters. The summed E-state index contributed by atoms with van der Waals surface area (Å²) in [5.41, 5.74) is -0.0712. The Bertz CT molecular complexity index is 462. The Labute approximate surface area is 102 Å². The van der Waals surface area contributed by atoms with Crippen LogP contribution in [0.25, 0.3) is 0 Å². The lowest BCUT2D eigenvalue weighted by Gasteiger charge is -2.36. The van der Waals surface area contributed by atoms with Crippen molar-refractivity contribution in [1.82, 2.24) is 5.32 Å². The molecule has 1 fully saturated rings. The van der Waals surface area contributed by atoms with E-state index in [-0.39, 0.29) is 11.1 Å². The van der Waals surface area contributed by atoms with E-state index in [4.69, 9.17) is 0 Å². The molecule has 2 unspecified atom stereocenters. The molecule has 0 radical (unpaired) electrons. The minimum Gasteiger partial charge on any atom is -0.303 e. The summed E-state index contributed by atoms with van der Waals surface area (Å²) in [5, 5.41) is 3.21. The Morgan fingerprint density at radius 1 is 1.41 bits per heavy atom. The summed E-state index contributed by atoms with van der Waals surface area (Å²) < 4.78 is 38.5. The van der Waals surface area contributed by atoms with Crippen LogP contribution < -0.4 is 5.32 Å². The molecule has 1 aliphatic heterocycles. The third kappa shape index (κ3) is 2.90. The van der Waals surface area contributed by atoms with Crippen LogP contribution in [0.3, 0.4) is 0 Å². The van der Waals surface area contributed by atoms with Crippen LogP contribution in [0.1, 0.15) is 25.5 Å². The van der Waals surface area contributed by atoms with Gasteiger partial charge in [0.05, 0.1) is 0 Å². The lowest BCUT2D eigenvalue weighted by molar-refractivity contribution is 0.361. The van der Waals surface area contributed by atoms with Gasteiger partial charge in [0.15, 0.2) is 0 Å². The first-order valence-corrected chi connectivity index (χ1v) is 6.94. The third-order valence-corrected chi connectivity index (χ3v) is 4.52. The molecule has 94 valence electrons. The van der Waals surface area contributed by atoms with Gasteiger partial charge in [0, 0.05) is 39.4 Å². The molecule has 1 saturated heterocycles. The fourth-order valence-electron chi connectivity index (χ4n) is 2.15. The molecule has 0 spiro atoms. The first kappa shape index (κ1) is 12.6. The summed E-state index contributed by atoms with van der Waals surface area (Å²) in [7, 11) is -1.01. The van der Waals surface area contributed by atoms with Crippen LogP contribution in [-0.4, -0.2) is 21.3 Å². The Morgan fingerprint density at radius 3 is 2.76 bits per heavy atom. The highest BCUT2D eigenvalue weighted by molar-refractivity contribution is 7.85. The lowest BCUT2D eigenvalue weighted by Crippen LogP contribution is -2.52. The number of nitrogens with one attached hydrogen (secondary N) is 1. The first-order valence-electron chi connectivity index (χ1n) is 5.45. The van der Waals surface area contributed by atoms with Crippen molar-refractivity contribution in [2.75, 3.05) is 11.5 Å². The highest BCUT2D eigenvalue weighted by atomic mass is 32.2. The predicted octanol–water partition coefficient (Wildman–Crippen LogP) is 2.14. The third-order valence-electron chi connectivity index (χ3n) is 2.77. The molecule has 1 aliphatic rings. The second-order valence-corrected chi connectivity index (χ2v) is 6.50. The average Bonchev–Trinajstić information content (AvgIpc) is 2.18. The van der Waals surface area contributed by atoms with Gasteiger partial charge in [0.1, 0.15) is 11.6 Å². The van der Waals surface area contributed by atoms with Gasteiger partial charge < -0.3 is 5.32 Å². The van der Waals surface area contributed by atoms with Crippen LogP contribution in [0.5, 0.6) is 0 Å². The van der Waals surface area contributed by atoms with Gasteiger partial charge in [-0.1, -0.05) is 0 Å². The summed E-state index contributed by atoms with van der Waals surface area (Å²) in [6.07, 6.45) is 0. The Morgan fingerprint density at radius 2 is 2.12 bits per heavy atom. The maximum absolute atomic E-state index is 13.6. The molecule has 0 amide bonds. The topological polar surface area (TPSA) is 29.1 Å². The SMILES string of the molecule is CC1(C)CS(=O)CC(c2cc(F)ccc2F)N1. The number of rotatable bonds is 1. The predicted molar refractivity (Wildman–Crippen MR) is 64.2 cm³/mol. The monoisotopic (exact) mass is 259 g/mol. The molecule has 0 aliphatic carbocycles. The van der Waals surface area contributed by atoms with E-state index >= 15 is 0 Å². The molecule has 1 aromatic carbocycles. The number of benzene rings is 1. The molecular weight excluding hydrogens is 244 g/mol. The van der Waals surface area contributed by atoms with Crippen molar-refractivity contribution in [2.24, 2.45) is 0 Å². The van der Waals surface area contributed by atoms with Crippen molar-refractivity contribution in [3.8, 4) is 0 Å². The minimum absolute atomic E-state index is 0.256. The highest BCUT2D eigenvalue weighted by Gasteiger charge is 2.33. The van der Waals surface area contributed by atoms with Gasteiger partial charge in [-0.05, 0) is 32.0 Å². The molecule has 5 heteroatoms. The average molecular weight is 259 g/mol. The van der Waals surface area contributed by atoms with Crippen LogP contribution in [0, 0.1) is 11.6 Å². The van der Waals surface area contributed by atoms with Crippen LogP contribution >= 0.6 is 0 Å². The molecular formula is C12H15F2NOS. The van der Waals surface area contributed by atoms with Crippen molar-refractivity contribution in [1.29, 1.82) is 0 Å². The zero-order chi connectivity index (χ0) is 12.6. The van der Waals surface area contributed by atoms with Crippen molar-refractivity contribution in [3.05, 3.63) is 35.4 Å². The van der Waals surface area contributed by atoms with E-state index in [9.17, 15) is 13.0 Å². The van der Waals surface area contributed by atoms with Crippen molar-refractivity contribution < 1.29 is 13.0 Å². The van der Waals surface area contributed by atoms with Gasteiger partial charge >= 0.3 is 0 Å². The second-order valence-electron chi connectivity index (χ2n) is 5.00. The van der Waals surface area contributed by atoms with Crippen molar-refractivity contribution in [3.63, 3.8) is 0 Å². The standard InChI is InChI=1S/C12H15F2NOS/c1-12(2)7-17(16)6-11(15-12)9-5-8(13)3-4-10(9)14/h3-5,11,15H,6-7H2,1-2H3. The molecule has 0 aromatic heterocycles. The molecule has 0 saturated carbocycles. The summed E-state index contributed by atoms with van der Waals surface area (Å²) in [6.45, 7) is 3.82. The van der Waals surface area contributed by atoms with Crippen LogP contribution in [-0.2, 0) is 10.8 Å². The summed E-state index contributed by atoms with van der Waals surface area (Å²) in [5.74, 6) is -0.0829. The fourth-order valence-corrected chi connectivity index (χ4v) is 3.79. The van der Waals surface area contributed by atoms with Crippen LogP contribution in [0.15, 0.2) is 18.2 Å². The van der Waals surface area contributed by atoms with Gasteiger partial charge in [0.2, 0.25) is 0 Å². The molecule has 1 heterocycles. The Kier molecular flexibility index (Phi) is 3.32. The maximum Gasteiger partial charge on any atom is 0.128 e. The van der Waals surface area contributed by atoms with Crippen molar-refractivity contribution in [2.45, 2.75) is 25.4 Å². The molecule has 1 aromatic rings. The zero-order valence-electron chi connectivity index (χ0n) is 9.80. The van der Waals surface area contributed by atoms with E-state index in [1.54, 1.807) is 0 Å². The Hall–Kier alpha value is -0.810. The van der Waals surface area contributed by atoms with E-state index in [0.717, 1.165) is 12.1 Å². The fraction of sp³-hybridized carbons (Fsp3) is 0.500. The zero-order valence-corrected chi connectivity index (χ0v) is 10.6. The normalized spacial score (nSPS) is 28.0. The summed E-state index contributed by atoms with van der Waals surface area (Å²) in [6, 6.07) is 2.97. The van der Waals surface area contributed by atoms with E-state index in [1.807, 2.05) is 13.8 Å². The van der Waals surface area contributed by atoms with E-state index < -0.39 is 28.5 Å². The van der Waals surface area contributed by atoms with Crippen LogP contribution in [0.2, 0.25) is 0 Å². The summed E-state index contributed by atoms with van der Waals surface area (Å²) >= 11 is 0. The largest absolute Gasteiger partial charge is 0.303 e. The van der Waals surface area contributed by atoms with Gasteiger partial charge in [0.25, 0.3) is 0 Å². The van der Waals surface area contributed by atoms with Crippen molar-refractivity contribution >= 4 is 10.8 Å². The molecule has 17 heavy (non-hydrogen) atoms. The van der Waals surface area contributed by atoms with Gasteiger partial charge in [-0.3, -0.25) is 4.21 Å². The number of hydrogen-bond acceptors (Lipinski definition) is 2. The molecule has 0 bridgehead atoms. The van der Waals surface area contributed by atoms with Gasteiger partial charge in [-0.25, -0.2) is 8.78 Å².